The molecule has 3 atom stereocenters. The molecular weight excluding hydrogens is 256 g/mol. The van der Waals surface area contributed by atoms with Crippen molar-refractivity contribution in [3.8, 4) is 5.75 Å². The zero-order valence-corrected chi connectivity index (χ0v) is 12.1. The predicted octanol–water partition coefficient (Wildman–Crippen LogP) is 2.24. The zero-order chi connectivity index (χ0) is 14.1. The van der Waals surface area contributed by atoms with E-state index in [1.807, 2.05) is 6.07 Å². The van der Waals surface area contributed by atoms with Crippen LogP contribution in [0.2, 0.25) is 0 Å². The van der Waals surface area contributed by atoms with Crippen LogP contribution in [0.5, 0.6) is 5.75 Å². The third-order valence-electron chi connectivity index (χ3n) is 3.79. The molecule has 0 saturated carbocycles. The van der Waals surface area contributed by atoms with E-state index in [1.165, 1.54) is 11.1 Å². The van der Waals surface area contributed by atoms with Crippen LogP contribution in [0.25, 0.3) is 0 Å². The first-order valence-corrected chi connectivity index (χ1v) is 6.85. The van der Waals surface area contributed by atoms with E-state index in [9.17, 15) is 0 Å². The van der Waals surface area contributed by atoms with E-state index in [2.05, 4.69) is 25.1 Å². The Morgan fingerprint density at radius 2 is 2.15 bits per heavy atom. The number of ether oxygens (including phenoxy) is 4. The fraction of sp³-hybridized carbons (Fsp3) is 0.500. The van der Waals surface area contributed by atoms with Gasteiger partial charge in [-0.05, 0) is 24.6 Å². The summed E-state index contributed by atoms with van der Waals surface area (Å²) in [5.74, 6) is 0.907. The van der Waals surface area contributed by atoms with Gasteiger partial charge in [-0.2, -0.15) is 0 Å². The van der Waals surface area contributed by atoms with Crippen molar-refractivity contribution in [2.24, 2.45) is 0 Å². The molecule has 0 radical (unpaired) electrons. The summed E-state index contributed by atoms with van der Waals surface area (Å²) < 4.78 is 22.6. The Labute approximate surface area is 119 Å². The van der Waals surface area contributed by atoms with Gasteiger partial charge in [0, 0.05) is 26.2 Å². The maximum atomic E-state index is 5.98. The lowest BCUT2D eigenvalue weighted by Crippen LogP contribution is -2.45. The van der Waals surface area contributed by atoms with Crippen molar-refractivity contribution in [3.63, 3.8) is 0 Å². The molecule has 4 heteroatoms. The molecule has 1 aromatic carbocycles. The van der Waals surface area contributed by atoms with E-state index in [4.69, 9.17) is 18.9 Å². The predicted molar refractivity (Wildman–Crippen MR) is 74.9 cm³/mol. The van der Waals surface area contributed by atoms with Crippen LogP contribution in [0.15, 0.2) is 29.8 Å². The highest BCUT2D eigenvalue weighted by molar-refractivity contribution is 5.43. The molecule has 0 N–H and O–H groups in total. The largest absolute Gasteiger partial charge is 0.461 e. The Morgan fingerprint density at radius 3 is 2.90 bits per heavy atom. The molecule has 2 aliphatic heterocycles. The minimum absolute atomic E-state index is 0.0869. The summed E-state index contributed by atoms with van der Waals surface area (Å²) in [4.78, 5) is 0. The minimum Gasteiger partial charge on any atom is -0.461 e. The molecular formula is C16H20O4. The SMILES string of the molecule is COC[C@H]1O[C@H]2Oc3ccc(C)cc3CC2=C[C@H]1OC. The number of hydrogen-bond acceptors (Lipinski definition) is 4. The molecule has 0 spiro atoms. The highest BCUT2D eigenvalue weighted by atomic mass is 16.7. The van der Waals surface area contributed by atoms with Gasteiger partial charge in [-0.1, -0.05) is 17.7 Å². The van der Waals surface area contributed by atoms with Crippen molar-refractivity contribution in [1.82, 2.24) is 0 Å². The van der Waals surface area contributed by atoms with E-state index in [1.54, 1.807) is 14.2 Å². The summed E-state index contributed by atoms with van der Waals surface area (Å²) in [5, 5.41) is 0. The maximum absolute atomic E-state index is 5.98. The summed E-state index contributed by atoms with van der Waals surface area (Å²) in [6, 6.07) is 6.23. The van der Waals surface area contributed by atoms with Crippen molar-refractivity contribution < 1.29 is 18.9 Å². The molecule has 2 heterocycles. The van der Waals surface area contributed by atoms with Crippen LogP contribution in [-0.2, 0) is 20.6 Å². The molecule has 0 bridgehead atoms. The Bertz CT molecular complexity index is 523. The van der Waals surface area contributed by atoms with Crippen LogP contribution in [0.3, 0.4) is 0 Å². The van der Waals surface area contributed by atoms with Gasteiger partial charge in [0.1, 0.15) is 18.0 Å². The van der Waals surface area contributed by atoms with Gasteiger partial charge in [-0.25, -0.2) is 0 Å². The molecule has 0 fully saturated rings. The quantitative estimate of drug-likeness (QED) is 0.793. The molecule has 0 saturated heterocycles. The highest BCUT2D eigenvalue weighted by Gasteiger charge is 2.36. The number of hydrogen-bond donors (Lipinski definition) is 0. The van der Waals surface area contributed by atoms with Crippen LogP contribution in [-0.4, -0.2) is 39.3 Å². The topological polar surface area (TPSA) is 36.9 Å². The molecule has 0 amide bonds. The molecule has 108 valence electrons. The molecule has 3 rings (SSSR count). The summed E-state index contributed by atoms with van der Waals surface area (Å²) in [7, 11) is 3.35. The maximum Gasteiger partial charge on any atom is 0.223 e. The number of aryl methyl sites for hydroxylation is 1. The smallest absolute Gasteiger partial charge is 0.223 e. The lowest BCUT2D eigenvalue weighted by Gasteiger charge is -2.37. The zero-order valence-electron chi connectivity index (χ0n) is 12.1. The summed E-state index contributed by atoms with van der Waals surface area (Å²) in [6.07, 6.45) is 2.42. The third-order valence-corrected chi connectivity index (χ3v) is 3.79. The van der Waals surface area contributed by atoms with Gasteiger partial charge in [-0.15, -0.1) is 0 Å². The number of benzene rings is 1. The van der Waals surface area contributed by atoms with Crippen LogP contribution in [0, 0.1) is 6.92 Å². The second kappa shape index (κ2) is 5.56. The second-order valence-electron chi connectivity index (χ2n) is 5.31. The van der Waals surface area contributed by atoms with Crippen molar-refractivity contribution >= 4 is 0 Å². The Hall–Kier alpha value is -1.36. The fourth-order valence-electron chi connectivity index (χ4n) is 2.78. The average Bonchev–Trinajstić information content (AvgIpc) is 2.45. The Balaban J connectivity index is 1.88. The summed E-state index contributed by atoms with van der Waals surface area (Å²) in [6.45, 7) is 2.58. The van der Waals surface area contributed by atoms with Gasteiger partial charge in [0.25, 0.3) is 0 Å². The highest BCUT2D eigenvalue weighted by Crippen LogP contribution is 2.35. The molecule has 0 unspecified atom stereocenters. The fourth-order valence-corrected chi connectivity index (χ4v) is 2.78. The van der Waals surface area contributed by atoms with Crippen molar-refractivity contribution in [1.29, 1.82) is 0 Å². The van der Waals surface area contributed by atoms with Gasteiger partial charge >= 0.3 is 0 Å². The first-order valence-electron chi connectivity index (χ1n) is 6.85. The second-order valence-corrected chi connectivity index (χ2v) is 5.31. The van der Waals surface area contributed by atoms with E-state index < -0.39 is 0 Å². The van der Waals surface area contributed by atoms with Crippen LogP contribution in [0.4, 0.5) is 0 Å². The molecule has 2 aliphatic rings. The van der Waals surface area contributed by atoms with Crippen LogP contribution >= 0.6 is 0 Å². The van der Waals surface area contributed by atoms with Crippen molar-refractivity contribution in [3.05, 3.63) is 41.0 Å². The van der Waals surface area contributed by atoms with Crippen molar-refractivity contribution in [2.45, 2.75) is 31.8 Å². The van der Waals surface area contributed by atoms with Crippen molar-refractivity contribution in [2.75, 3.05) is 20.8 Å². The van der Waals surface area contributed by atoms with Crippen LogP contribution < -0.4 is 4.74 Å². The minimum atomic E-state index is -0.322. The standard InChI is InChI=1S/C16H20O4/c1-10-4-5-13-11(6-10)7-12-8-14(18-3)15(9-17-2)20-16(12)19-13/h4-6,8,14-16H,7,9H2,1-3H3/t14-,15-,16-/m1/s1. The third kappa shape index (κ3) is 2.46. The van der Waals surface area contributed by atoms with E-state index >= 15 is 0 Å². The summed E-state index contributed by atoms with van der Waals surface area (Å²) >= 11 is 0. The molecule has 20 heavy (non-hydrogen) atoms. The molecule has 4 nitrogen and oxygen atoms in total. The first kappa shape index (κ1) is 13.6. The normalized spacial score (nSPS) is 28.1. The number of methoxy groups -OCH3 is 2. The lowest BCUT2D eigenvalue weighted by atomic mass is 9.95. The van der Waals surface area contributed by atoms with E-state index in [0.717, 1.165) is 17.7 Å². The van der Waals surface area contributed by atoms with Gasteiger partial charge in [0.15, 0.2) is 0 Å². The lowest BCUT2D eigenvalue weighted by molar-refractivity contribution is -0.162. The first-order chi connectivity index (χ1) is 9.71. The number of fused-ring (bicyclic) bond motifs is 2. The van der Waals surface area contributed by atoms with Crippen LogP contribution in [0.1, 0.15) is 11.1 Å². The molecule has 0 aromatic heterocycles. The molecule has 0 aliphatic carbocycles. The van der Waals surface area contributed by atoms with Gasteiger partial charge in [0.2, 0.25) is 6.29 Å². The van der Waals surface area contributed by atoms with Gasteiger partial charge in [-0.3, -0.25) is 0 Å². The average molecular weight is 276 g/mol. The van der Waals surface area contributed by atoms with Gasteiger partial charge < -0.3 is 18.9 Å². The molecule has 1 aromatic rings. The monoisotopic (exact) mass is 276 g/mol. The van der Waals surface area contributed by atoms with E-state index in [-0.39, 0.29) is 18.5 Å². The van der Waals surface area contributed by atoms with Gasteiger partial charge in [0.05, 0.1) is 6.61 Å². The van der Waals surface area contributed by atoms with E-state index in [0.29, 0.717) is 6.61 Å². The Kier molecular flexibility index (Phi) is 3.78. The summed E-state index contributed by atoms with van der Waals surface area (Å²) in [5.41, 5.74) is 3.57. The number of rotatable bonds is 3. The Morgan fingerprint density at radius 1 is 1.30 bits per heavy atom.